The number of hydrogen-bond acceptors (Lipinski definition) is 3. The van der Waals surface area contributed by atoms with Crippen LogP contribution in [0.2, 0.25) is 5.02 Å². The fourth-order valence-corrected chi connectivity index (χ4v) is 3.09. The van der Waals surface area contributed by atoms with Gasteiger partial charge in [-0.25, -0.2) is 0 Å². The number of methoxy groups -OCH3 is 1. The van der Waals surface area contributed by atoms with Crippen LogP contribution in [-0.4, -0.2) is 39.1 Å². The van der Waals surface area contributed by atoms with Crippen molar-refractivity contribution in [1.82, 2.24) is 0 Å². The molecule has 0 spiro atoms. The number of ether oxygens (including phenoxy) is 1. The van der Waals surface area contributed by atoms with Crippen molar-refractivity contribution < 1.29 is 19.2 Å². The van der Waals surface area contributed by atoms with Crippen LogP contribution < -0.4 is 20.3 Å². The molecule has 3 N–H and O–H groups in total. The molecule has 2 atom stereocenters. The zero-order valence-corrected chi connectivity index (χ0v) is 18.1. The smallest absolute Gasteiger partial charge is 0.279 e. The van der Waals surface area contributed by atoms with E-state index in [1.807, 2.05) is 24.3 Å². The predicted octanol–water partition coefficient (Wildman–Crippen LogP) is 2.95. The van der Waals surface area contributed by atoms with Gasteiger partial charge in [0.1, 0.15) is 5.75 Å². The highest BCUT2D eigenvalue weighted by Gasteiger charge is 2.16. The molecule has 7 heteroatoms. The third kappa shape index (κ3) is 7.07. The Kier molecular flexibility index (Phi) is 8.49. The number of carbonyl (C=O) groups excluding carboxylic acids is 2. The molecule has 2 rings (SSSR count). The van der Waals surface area contributed by atoms with E-state index in [2.05, 4.69) is 24.5 Å². The lowest BCUT2D eigenvalue weighted by molar-refractivity contribution is -0.862. The normalized spacial score (nSPS) is 12.7. The number of likely N-dealkylation sites (N-methyl/N-ethyl adjacent to an activating group) is 1. The van der Waals surface area contributed by atoms with Crippen molar-refractivity contribution in [2.75, 3.05) is 37.9 Å². The zero-order valence-electron chi connectivity index (χ0n) is 17.3. The first-order valence-electron chi connectivity index (χ1n) is 9.66. The monoisotopic (exact) mass is 418 g/mol. The van der Waals surface area contributed by atoms with E-state index in [-0.39, 0.29) is 24.9 Å². The average Bonchev–Trinajstić information content (AvgIpc) is 2.67. The fourth-order valence-electron chi connectivity index (χ4n) is 2.92. The molecule has 0 aliphatic rings. The standard InChI is InChI=1S/C22H28ClN3O3/c1-5-15(2)16-6-9-18(10-7-16)24-21(27)13-26(3)14-22(28)25-19-12-17(23)8-11-20(19)29-4/h6-12,15H,5,13-14H2,1-4H3,(H,24,27)(H,25,28)/p+1/t15-/m0/s1. The molecule has 0 aromatic heterocycles. The maximum Gasteiger partial charge on any atom is 0.279 e. The summed E-state index contributed by atoms with van der Waals surface area (Å²) in [6.07, 6.45) is 1.07. The minimum atomic E-state index is -0.228. The summed E-state index contributed by atoms with van der Waals surface area (Å²) in [5.41, 5.74) is 2.51. The van der Waals surface area contributed by atoms with Crippen LogP contribution in [0, 0.1) is 0 Å². The van der Waals surface area contributed by atoms with E-state index >= 15 is 0 Å². The third-order valence-corrected chi connectivity index (χ3v) is 4.97. The number of quaternary nitrogens is 1. The molecule has 0 aliphatic carbocycles. The highest BCUT2D eigenvalue weighted by Crippen LogP contribution is 2.27. The van der Waals surface area contributed by atoms with Crippen LogP contribution in [-0.2, 0) is 9.59 Å². The molecule has 0 fully saturated rings. The first-order chi connectivity index (χ1) is 13.8. The number of halogens is 1. The maximum atomic E-state index is 12.3. The number of amides is 2. The van der Waals surface area contributed by atoms with Crippen molar-refractivity contribution in [3.8, 4) is 5.75 Å². The topological polar surface area (TPSA) is 71.9 Å². The first-order valence-corrected chi connectivity index (χ1v) is 10.0. The van der Waals surface area contributed by atoms with Gasteiger partial charge in [0.15, 0.2) is 13.1 Å². The summed E-state index contributed by atoms with van der Waals surface area (Å²) in [5.74, 6) is 0.645. The number of carbonyl (C=O) groups is 2. The molecule has 156 valence electrons. The van der Waals surface area contributed by atoms with Crippen LogP contribution in [0.15, 0.2) is 42.5 Å². The second kappa shape index (κ2) is 10.8. The van der Waals surface area contributed by atoms with Gasteiger partial charge in [0.2, 0.25) is 0 Å². The Morgan fingerprint density at radius 1 is 1.07 bits per heavy atom. The van der Waals surface area contributed by atoms with Crippen LogP contribution in [0.1, 0.15) is 31.7 Å². The number of hydrogen-bond donors (Lipinski definition) is 3. The Morgan fingerprint density at radius 2 is 1.69 bits per heavy atom. The summed E-state index contributed by atoms with van der Waals surface area (Å²) in [5, 5.41) is 6.15. The van der Waals surface area contributed by atoms with Gasteiger partial charge in [0, 0.05) is 10.7 Å². The van der Waals surface area contributed by atoms with E-state index < -0.39 is 0 Å². The third-order valence-electron chi connectivity index (χ3n) is 4.74. The predicted molar refractivity (Wildman–Crippen MR) is 117 cm³/mol. The van der Waals surface area contributed by atoms with Gasteiger partial charge in [-0.3, -0.25) is 9.59 Å². The Labute approximate surface area is 177 Å². The number of rotatable bonds is 9. The highest BCUT2D eigenvalue weighted by molar-refractivity contribution is 6.31. The molecule has 2 amide bonds. The summed E-state index contributed by atoms with van der Waals surface area (Å²) in [4.78, 5) is 25.4. The number of anilines is 2. The van der Waals surface area contributed by atoms with Gasteiger partial charge >= 0.3 is 0 Å². The second-order valence-corrected chi connectivity index (χ2v) is 7.62. The van der Waals surface area contributed by atoms with Gasteiger partial charge in [-0.15, -0.1) is 0 Å². The quantitative estimate of drug-likeness (QED) is 0.586. The molecule has 0 saturated carbocycles. The van der Waals surface area contributed by atoms with Gasteiger partial charge < -0.3 is 20.3 Å². The largest absolute Gasteiger partial charge is 0.495 e. The van der Waals surface area contributed by atoms with Gasteiger partial charge in [0.05, 0.1) is 19.8 Å². The van der Waals surface area contributed by atoms with Crippen LogP contribution in [0.25, 0.3) is 0 Å². The SMILES string of the molecule is CC[C@H](C)c1ccc(NC(=O)C[NH+](C)CC(=O)Nc2cc(Cl)ccc2OC)cc1. The molecule has 0 saturated heterocycles. The van der Waals surface area contributed by atoms with Crippen LogP contribution in [0.3, 0.4) is 0 Å². The summed E-state index contributed by atoms with van der Waals surface area (Å²) in [6.45, 7) is 4.64. The van der Waals surface area contributed by atoms with Crippen molar-refractivity contribution in [3.05, 3.63) is 53.1 Å². The van der Waals surface area contributed by atoms with Gasteiger partial charge in [0.25, 0.3) is 11.8 Å². The Morgan fingerprint density at radius 3 is 2.28 bits per heavy atom. The van der Waals surface area contributed by atoms with Gasteiger partial charge in [-0.1, -0.05) is 37.6 Å². The molecular formula is C22H29ClN3O3+. The molecule has 0 radical (unpaired) electrons. The first kappa shape index (κ1) is 22.7. The molecular weight excluding hydrogens is 390 g/mol. The Hall–Kier alpha value is -2.57. The molecule has 6 nitrogen and oxygen atoms in total. The average molecular weight is 419 g/mol. The number of benzene rings is 2. The maximum absolute atomic E-state index is 12.3. The molecule has 29 heavy (non-hydrogen) atoms. The van der Waals surface area contributed by atoms with Crippen LogP contribution in [0.5, 0.6) is 5.75 Å². The van der Waals surface area contributed by atoms with E-state index in [9.17, 15) is 9.59 Å². The molecule has 0 aliphatic heterocycles. The number of nitrogens with one attached hydrogen (secondary N) is 3. The molecule has 1 unspecified atom stereocenters. The lowest BCUT2D eigenvalue weighted by atomic mass is 9.99. The lowest BCUT2D eigenvalue weighted by Crippen LogP contribution is -3.11. The molecule has 2 aromatic rings. The van der Waals surface area contributed by atoms with E-state index in [1.165, 1.54) is 12.7 Å². The zero-order chi connectivity index (χ0) is 21.4. The fraction of sp³-hybridized carbons (Fsp3) is 0.364. The van der Waals surface area contributed by atoms with Crippen molar-refractivity contribution in [1.29, 1.82) is 0 Å². The van der Waals surface area contributed by atoms with E-state index in [0.29, 0.717) is 22.4 Å². The van der Waals surface area contributed by atoms with Crippen LogP contribution in [0.4, 0.5) is 11.4 Å². The van der Waals surface area contributed by atoms with Crippen molar-refractivity contribution in [2.45, 2.75) is 26.2 Å². The summed E-state index contributed by atoms with van der Waals surface area (Å²) in [6, 6.07) is 12.9. The van der Waals surface area contributed by atoms with Crippen molar-refractivity contribution in [2.24, 2.45) is 0 Å². The second-order valence-electron chi connectivity index (χ2n) is 7.18. The Bertz CT molecular complexity index is 840. The molecule has 2 aromatic carbocycles. The van der Waals surface area contributed by atoms with E-state index in [4.69, 9.17) is 16.3 Å². The van der Waals surface area contributed by atoms with Crippen molar-refractivity contribution >= 4 is 34.8 Å². The minimum Gasteiger partial charge on any atom is -0.495 e. The molecule has 0 bridgehead atoms. The summed E-state index contributed by atoms with van der Waals surface area (Å²) in [7, 11) is 3.32. The lowest BCUT2D eigenvalue weighted by Gasteiger charge is -2.15. The highest BCUT2D eigenvalue weighted by atomic mass is 35.5. The van der Waals surface area contributed by atoms with Crippen LogP contribution >= 0.6 is 11.6 Å². The van der Waals surface area contributed by atoms with Gasteiger partial charge in [-0.05, 0) is 48.2 Å². The van der Waals surface area contributed by atoms with E-state index in [1.54, 1.807) is 25.2 Å². The summed E-state index contributed by atoms with van der Waals surface area (Å²) < 4.78 is 5.22. The summed E-state index contributed by atoms with van der Waals surface area (Å²) >= 11 is 5.98. The minimum absolute atomic E-state index is 0.135. The van der Waals surface area contributed by atoms with E-state index in [0.717, 1.165) is 17.0 Å². The Balaban J connectivity index is 1.85. The van der Waals surface area contributed by atoms with Gasteiger partial charge in [-0.2, -0.15) is 0 Å². The van der Waals surface area contributed by atoms with Crippen molar-refractivity contribution in [3.63, 3.8) is 0 Å². The molecule has 0 heterocycles.